The average molecular weight is 291 g/mol. The number of nitro groups is 1. The molecule has 1 saturated heterocycles. The van der Waals surface area contributed by atoms with Crippen LogP contribution in [0.15, 0.2) is 24.3 Å². The number of piperidine rings is 1. The first-order valence-corrected chi connectivity index (χ1v) is 7.18. The lowest BCUT2D eigenvalue weighted by molar-refractivity contribution is -0.384. The Morgan fingerprint density at radius 2 is 2.10 bits per heavy atom. The molecule has 1 aromatic carbocycles. The van der Waals surface area contributed by atoms with Crippen molar-refractivity contribution in [3.8, 4) is 0 Å². The van der Waals surface area contributed by atoms with Gasteiger partial charge in [0, 0.05) is 17.5 Å². The van der Waals surface area contributed by atoms with Crippen molar-refractivity contribution in [2.45, 2.75) is 32.7 Å². The van der Waals surface area contributed by atoms with Crippen LogP contribution in [0.25, 0.3) is 0 Å². The maximum atomic E-state index is 12.4. The van der Waals surface area contributed by atoms with Gasteiger partial charge in [0.1, 0.15) is 0 Å². The Kier molecular flexibility index (Phi) is 4.57. The van der Waals surface area contributed by atoms with Crippen molar-refractivity contribution in [1.29, 1.82) is 0 Å². The van der Waals surface area contributed by atoms with E-state index in [1.807, 2.05) is 13.8 Å². The van der Waals surface area contributed by atoms with Gasteiger partial charge in [0.25, 0.3) is 5.69 Å². The van der Waals surface area contributed by atoms with Crippen molar-refractivity contribution in [3.05, 3.63) is 39.9 Å². The molecule has 0 aromatic heterocycles. The number of benzene rings is 1. The first-order valence-electron chi connectivity index (χ1n) is 7.18. The monoisotopic (exact) mass is 291 g/mol. The fourth-order valence-corrected chi connectivity index (χ4v) is 2.57. The molecular weight excluding hydrogens is 270 g/mol. The van der Waals surface area contributed by atoms with Gasteiger partial charge in [-0.25, -0.2) is 0 Å². The van der Waals surface area contributed by atoms with Gasteiger partial charge in [-0.15, -0.1) is 0 Å². The summed E-state index contributed by atoms with van der Waals surface area (Å²) < 4.78 is 0. The van der Waals surface area contributed by atoms with Gasteiger partial charge in [0.15, 0.2) is 0 Å². The molecule has 2 N–H and O–H groups in total. The number of amides is 1. The van der Waals surface area contributed by atoms with Crippen LogP contribution in [0.4, 0.5) is 5.69 Å². The van der Waals surface area contributed by atoms with Gasteiger partial charge in [0.2, 0.25) is 5.91 Å². The van der Waals surface area contributed by atoms with E-state index in [2.05, 4.69) is 10.6 Å². The van der Waals surface area contributed by atoms with Crippen LogP contribution in [-0.4, -0.2) is 23.9 Å². The van der Waals surface area contributed by atoms with Gasteiger partial charge >= 0.3 is 0 Å². The number of nitro benzene ring substituents is 1. The number of hydrogen-bond donors (Lipinski definition) is 2. The summed E-state index contributed by atoms with van der Waals surface area (Å²) in [5.41, 5.74) is 0.428. The summed E-state index contributed by atoms with van der Waals surface area (Å²) >= 11 is 0. The van der Waals surface area contributed by atoms with Crippen molar-refractivity contribution in [3.63, 3.8) is 0 Å². The maximum Gasteiger partial charge on any atom is 0.269 e. The van der Waals surface area contributed by atoms with Crippen LogP contribution in [0.3, 0.4) is 0 Å². The maximum absolute atomic E-state index is 12.4. The molecule has 0 saturated carbocycles. The van der Waals surface area contributed by atoms with Crippen molar-refractivity contribution in [2.75, 3.05) is 13.1 Å². The minimum absolute atomic E-state index is 0.0167. The van der Waals surface area contributed by atoms with Gasteiger partial charge in [0.05, 0.1) is 11.0 Å². The van der Waals surface area contributed by atoms with E-state index < -0.39 is 4.92 Å². The van der Waals surface area contributed by atoms with Crippen LogP contribution in [-0.2, 0) is 4.79 Å². The summed E-state index contributed by atoms with van der Waals surface area (Å²) in [4.78, 5) is 22.8. The molecule has 1 aliphatic rings. The molecule has 0 spiro atoms. The minimum Gasteiger partial charge on any atom is -0.349 e. The van der Waals surface area contributed by atoms with Crippen LogP contribution in [0.2, 0.25) is 0 Å². The van der Waals surface area contributed by atoms with Crippen LogP contribution >= 0.6 is 0 Å². The van der Waals surface area contributed by atoms with Crippen LogP contribution in [0.1, 0.15) is 38.3 Å². The zero-order valence-electron chi connectivity index (χ0n) is 12.4. The second-order valence-corrected chi connectivity index (χ2v) is 5.86. The quantitative estimate of drug-likeness (QED) is 0.657. The topological polar surface area (TPSA) is 84.3 Å². The molecule has 0 bridgehead atoms. The number of carbonyl (C=O) groups excluding carboxylic acids is 1. The molecule has 1 amide bonds. The molecule has 1 atom stereocenters. The van der Waals surface area contributed by atoms with Gasteiger partial charge < -0.3 is 10.6 Å². The highest BCUT2D eigenvalue weighted by Crippen LogP contribution is 2.29. The predicted molar refractivity (Wildman–Crippen MR) is 79.9 cm³/mol. The molecule has 1 heterocycles. The first kappa shape index (κ1) is 15.4. The summed E-state index contributed by atoms with van der Waals surface area (Å²) in [7, 11) is 0. The third-order valence-corrected chi connectivity index (χ3v) is 4.18. The lowest BCUT2D eigenvalue weighted by Gasteiger charge is -2.33. The zero-order chi connectivity index (χ0) is 15.5. The normalized spacial score (nSPS) is 18.8. The summed E-state index contributed by atoms with van der Waals surface area (Å²) in [5.74, 6) is 0.0167. The van der Waals surface area contributed by atoms with Crippen LogP contribution in [0.5, 0.6) is 0 Å². The highest BCUT2D eigenvalue weighted by Gasteiger charge is 2.35. The standard InChI is InChI=1S/C15H21N3O3/c1-11(12-4-3-5-13(10-12)18(20)21)17-14(19)15(2)6-8-16-9-7-15/h3-5,10-11,16H,6-9H2,1-2H3,(H,17,19). The van der Waals surface area contributed by atoms with E-state index in [9.17, 15) is 14.9 Å². The molecule has 1 aliphatic heterocycles. The van der Waals surface area contributed by atoms with E-state index >= 15 is 0 Å². The molecule has 114 valence electrons. The van der Waals surface area contributed by atoms with Crippen molar-refractivity contribution in [1.82, 2.24) is 10.6 Å². The average Bonchev–Trinajstić information content (AvgIpc) is 2.48. The van der Waals surface area contributed by atoms with Gasteiger partial charge in [-0.2, -0.15) is 0 Å². The van der Waals surface area contributed by atoms with Gasteiger partial charge in [-0.3, -0.25) is 14.9 Å². The van der Waals surface area contributed by atoms with Gasteiger partial charge in [-0.05, 0) is 38.4 Å². The lowest BCUT2D eigenvalue weighted by atomic mass is 9.80. The lowest BCUT2D eigenvalue weighted by Crippen LogP contribution is -2.46. The van der Waals surface area contributed by atoms with Crippen molar-refractivity contribution in [2.24, 2.45) is 5.41 Å². The fraction of sp³-hybridized carbons (Fsp3) is 0.533. The molecule has 1 aromatic rings. The number of rotatable bonds is 4. The highest BCUT2D eigenvalue weighted by molar-refractivity contribution is 5.82. The fourth-order valence-electron chi connectivity index (χ4n) is 2.57. The van der Waals surface area contributed by atoms with Gasteiger partial charge in [-0.1, -0.05) is 19.1 Å². The number of carbonyl (C=O) groups is 1. The smallest absolute Gasteiger partial charge is 0.269 e. The number of hydrogen-bond acceptors (Lipinski definition) is 4. The van der Waals surface area contributed by atoms with Crippen molar-refractivity contribution < 1.29 is 9.72 Å². The highest BCUT2D eigenvalue weighted by atomic mass is 16.6. The summed E-state index contributed by atoms with van der Waals surface area (Å²) in [6.07, 6.45) is 1.61. The molecule has 21 heavy (non-hydrogen) atoms. The molecule has 6 nitrogen and oxygen atoms in total. The SMILES string of the molecule is CC(NC(=O)C1(C)CCNCC1)c1cccc([N+](=O)[O-])c1. The Hall–Kier alpha value is -1.95. The Bertz CT molecular complexity index is 539. The van der Waals surface area contributed by atoms with E-state index in [1.165, 1.54) is 12.1 Å². The van der Waals surface area contributed by atoms with Crippen LogP contribution < -0.4 is 10.6 Å². The number of nitrogens with one attached hydrogen (secondary N) is 2. The molecule has 0 aliphatic carbocycles. The van der Waals surface area contributed by atoms with Crippen LogP contribution in [0, 0.1) is 15.5 Å². The molecule has 1 fully saturated rings. The second-order valence-electron chi connectivity index (χ2n) is 5.86. The molecule has 1 unspecified atom stereocenters. The first-order chi connectivity index (χ1) is 9.92. The summed E-state index contributed by atoms with van der Waals surface area (Å²) in [6, 6.07) is 6.15. The molecular formula is C15H21N3O3. The predicted octanol–water partition coefficient (Wildman–Crippen LogP) is 2.16. The number of non-ortho nitro benzene ring substituents is 1. The Morgan fingerprint density at radius 1 is 1.43 bits per heavy atom. The number of nitrogens with zero attached hydrogens (tertiary/aromatic N) is 1. The second kappa shape index (κ2) is 6.22. The molecule has 6 heteroatoms. The Balaban J connectivity index is 2.06. The largest absolute Gasteiger partial charge is 0.349 e. The Morgan fingerprint density at radius 3 is 2.71 bits per heavy atom. The molecule has 2 rings (SSSR count). The zero-order valence-corrected chi connectivity index (χ0v) is 12.4. The van der Waals surface area contributed by atoms with E-state index in [0.29, 0.717) is 0 Å². The van der Waals surface area contributed by atoms with E-state index in [0.717, 1.165) is 31.5 Å². The van der Waals surface area contributed by atoms with E-state index in [4.69, 9.17) is 0 Å². The Labute approximate surface area is 124 Å². The third kappa shape index (κ3) is 3.58. The summed E-state index contributed by atoms with van der Waals surface area (Å²) in [6.45, 7) is 5.51. The van der Waals surface area contributed by atoms with E-state index in [-0.39, 0.29) is 23.1 Å². The molecule has 0 radical (unpaired) electrons. The third-order valence-electron chi connectivity index (χ3n) is 4.18. The van der Waals surface area contributed by atoms with Crippen molar-refractivity contribution >= 4 is 11.6 Å². The minimum atomic E-state index is -0.424. The summed E-state index contributed by atoms with van der Waals surface area (Å²) in [5, 5.41) is 17.0. The van der Waals surface area contributed by atoms with E-state index in [1.54, 1.807) is 12.1 Å².